The minimum Gasteiger partial charge on any atom is -0.338 e. The molecule has 0 radical (unpaired) electrons. The van der Waals surface area contributed by atoms with E-state index in [1.165, 1.54) is 0 Å². The van der Waals surface area contributed by atoms with E-state index in [0.717, 1.165) is 36.5 Å². The molecule has 0 saturated carbocycles. The van der Waals surface area contributed by atoms with Crippen molar-refractivity contribution in [3.63, 3.8) is 0 Å². The number of nitrogens with zero attached hydrogens (tertiary/aromatic N) is 4. The Bertz CT molecular complexity index is 813. The van der Waals surface area contributed by atoms with E-state index >= 15 is 0 Å². The first-order valence-electron chi connectivity index (χ1n) is 8.10. The van der Waals surface area contributed by atoms with Gasteiger partial charge in [-0.15, -0.1) is 10.2 Å². The lowest BCUT2D eigenvalue weighted by atomic mass is 9.96. The number of carbonyl (C=O) groups is 1. The number of likely N-dealkylation sites (tertiary alicyclic amines) is 1. The SMILES string of the molecule is O=C(c1ccsc1)N1CCC[C@@H](c2nncn2-c2ccccc2)C1. The van der Waals surface area contributed by atoms with E-state index < -0.39 is 0 Å². The molecule has 0 bridgehead atoms. The monoisotopic (exact) mass is 338 g/mol. The molecule has 1 aliphatic heterocycles. The van der Waals surface area contributed by atoms with Gasteiger partial charge in [0.15, 0.2) is 0 Å². The lowest BCUT2D eigenvalue weighted by molar-refractivity contribution is 0.0704. The molecule has 4 rings (SSSR count). The first kappa shape index (κ1) is 15.1. The summed E-state index contributed by atoms with van der Waals surface area (Å²) in [6, 6.07) is 12.0. The molecule has 1 saturated heterocycles. The molecule has 1 amide bonds. The molecule has 3 heterocycles. The second-order valence-electron chi connectivity index (χ2n) is 6.00. The van der Waals surface area contributed by atoms with Crippen molar-refractivity contribution in [3.8, 4) is 5.69 Å². The average Bonchev–Trinajstić information content (AvgIpc) is 3.34. The van der Waals surface area contributed by atoms with E-state index in [0.29, 0.717) is 6.54 Å². The van der Waals surface area contributed by atoms with Crippen LogP contribution in [0.25, 0.3) is 5.69 Å². The maximum atomic E-state index is 12.6. The van der Waals surface area contributed by atoms with Crippen LogP contribution in [0.3, 0.4) is 0 Å². The van der Waals surface area contributed by atoms with Crippen LogP contribution in [0.1, 0.15) is 34.9 Å². The number of carbonyl (C=O) groups excluding carboxylic acids is 1. The molecule has 3 aromatic rings. The van der Waals surface area contributed by atoms with Crippen molar-refractivity contribution in [1.82, 2.24) is 19.7 Å². The zero-order valence-corrected chi connectivity index (χ0v) is 14.0. The number of benzene rings is 1. The fraction of sp³-hybridized carbons (Fsp3) is 0.278. The van der Waals surface area contributed by atoms with Gasteiger partial charge in [-0.3, -0.25) is 9.36 Å². The van der Waals surface area contributed by atoms with Gasteiger partial charge in [0.05, 0.1) is 5.56 Å². The quantitative estimate of drug-likeness (QED) is 0.736. The largest absolute Gasteiger partial charge is 0.338 e. The highest BCUT2D eigenvalue weighted by molar-refractivity contribution is 7.08. The molecule has 2 aromatic heterocycles. The number of hydrogen-bond acceptors (Lipinski definition) is 4. The normalized spacial score (nSPS) is 17.8. The Morgan fingerprint density at radius 2 is 2.08 bits per heavy atom. The van der Waals surface area contributed by atoms with Crippen molar-refractivity contribution in [2.75, 3.05) is 13.1 Å². The number of rotatable bonds is 3. The van der Waals surface area contributed by atoms with E-state index in [4.69, 9.17) is 0 Å². The van der Waals surface area contributed by atoms with E-state index in [2.05, 4.69) is 10.2 Å². The van der Waals surface area contributed by atoms with Gasteiger partial charge in [-0.05, 0) is 36.4 Å². The zero-order chi connectivity index (χ0) is 16.4. The topological polar surface area (TPSA) is 51.0 Å². The number of piperidine rings is 1. The molecule has 0 spiro atoms. The maximum Gasteiger partial charge on any atom is 0.254 e. The Kier molecular flexibility index (Phi) is 4.13. The van der Waals surface area contributed by atoms with Gasteiger partial charge in [0.2, 0.25) is 0 Å². The maximum absolute atomic E-state index is 12.6. The zero-order valence-electron chi connectivity index (χ0n) is 13.2. The van der Waals surface area contributed by atoms with E-state index in [9.17, 15) is 4.79 Å². The lowest BCUT2D eigenvalue weighted by Crippen LogP contribution is -2.39. The Balaban J connectivity index is 1.57. The highest BCUT2D eigenvalue weighted by Crippen LogP contribution is 2.28. The molecule has 122 valence electrons. The predicted molar refractivity (Wildman–Crippen MR) is 93.6 cm³/mol. The molecule has 1 fully saturated rings. The van der Waals surface area contributed by atoms with E-state index in [1.54, 1.807) is 17.7 Å². The summed E-state index contributed by atoms with van der Waals surface area (Å²) in [4.78, 5) is 14.6. The highest BCUT2D eigenvalue weighted by Gasteiger charge is 2.28. The van der Waals surface area contributed by atoms with Crippen LogP contribution in [0.2, 0.25) is 0 Å². The lowest BCUT2D eigenvalue weighted by Gasteiger charge is -2.32. The Hall–Kier alpha value is -2.47. The molecule has 1 aromatic carbocycles. The van der Waals surface area contributed by atoms with Gasteiger partial charge >= 0.3 is 0 Å². The number of aromatic nitrogens is 3. The minimum atomic E-state index is 0.117. The third-order valence-electron chi connectivity index (χ3n) is 4.45. The molecule has 1 atom stereocenters. The van der Waals surface area contributed by atoms with Crippen LogP contribution in [-0.4, -0.2) is 38.7 Å². The summed E-state index contributed by atoms with van der Waals surface area (Å²) in [5.41, 5.74) is 1.84. The summed E-state index contributed by atoms with van der Waals surface area (Å²) >= 11 is 1.56. The predicted octanol–water partition coefficient (Wildman–Crippen LogP) is 3.35. The smallest absolute Gasteiger partial charge is 0.254 e. The van der Waals surface area contributed by atoms with Crippen LogP contribution in [0.15, 0.2) is 53.5 Å². The van der Waals surface area contributed by atoms with Crippen LogP contribution in [0.5, 0.6) is 0 Å². The number of para-hydroxylation sites is 1. The third kappa shape index (κ3) is 2.85. The van der Waals surface area contributed by atoms with Gasteiger partial charge in [-0.25, -0.2) is 0 Å². The fourth-order valence-corrected chi connectivity index (χ4v) is 3.88. The molecule has 1 aliphatic rings. The Labute approximate surface area is 144 Å². The van der Waals surface area contributed by atoms with Gasteiger partial charge in [0, 0.05) is 30.1 Å². The van der Waals surface area contributed by atoms with Crippen molar-refractivity contribution in [2.24, 2.45) is 0 Å². The van der Waals surface area contributed by atoms with Gasteiger partial charge < -0.3 is 4.90 Å². The number of amides is 1. The molecule has 24 heavy (non-hydrogen) atoms. The second-order valence-corrected chi connectivity index (χ2v) is 6.78. The van der Waals surface area contributed by atoms with E-state index in [1.807, 2.05) is 56.6 Å². The van der Waals surface area contributed by atoms with Crippen molar-refractivity contribution >= 4 is 17.2 Å². The molecular formula is C18H18N4OS. The van der Waals surface area contributed by atoms with E-state index in [-0.39, 0.29) is 11.8 Å². The molecule has 5 nitrogen and oxygen atoms in total. The van der Waals surface area contributed by atoms with Crippen molar-refractivity contribution in [2.45, 2.75) is 18.8 Å². The summed E-state index contributed by atoms with van der Waals surface area (Å²) in [5.74, 6) is 1.26. The first-order valence-corrected chi connectivity index (χ1v) is 9.04. The molecule has 0 N–H and O–H groups in total. The van der Waals surface area contributed by atoms with Crippen LogP contribution in [-0.2, 0) is 0 Å². The van der Waals surface area contributed by atoms with Crippen LogP contribution in [0.4, 0.5) is 0 Å². The standard InChI is InChI=1S/C18H18N4OS/c23-18(15-8-10-24-12-15)21-9-4-5-14(11-21)17-20-19-13-22(17)16-6-2-1-3-7-16/h1-3,6-8,10,12-14H,4-5,9,11H2/t14-/m1/s1. The van der Waals surface area contributed by atoms with Gasteiger partial charge in [0.25, 0.3) is 5.91 Å². The summed E-state index contributed by atoms with van der Waals surface area (Å²) in [5, 5.41) is 12.3. The van der Waals surface area contributed by atoms with Crippen molar-refractivity contribution in [1.29, 1.82) is 0 Å². The number of thiophene rings is 1. The fourth-order valence-electron chi connectivity index (χ4n) is 3.25. The highest BCUT2D eigenvalue weighted by atomic mass is 32.1. The number of hydrogen-bond donors (Lipinski definition) is 0. The summed E-state index contributed by atoms with van der Waals surface area (Å²) < 4.78 is 2.03. The van der Waals surface area contributed by atoms with Gasteiger partial charge in [0.1, 0.15) is 12.2 Å². The van der Waals surface area contributed by atoms with Gasteiger partial charge in [-0.1, -0.05) is 18.2 Å². The molecular weight excluding hydrogens is 320 g/mol. The summed E-state index contributed by atoms with van der Waals surface area (Å²) in [6.07, 6.45) is 3.77. The van der Waals surface area contributed by atoms with Gasteiger partial charge in [-0.2, -0.15) is 11.3 Å². The molecule has 0 aliphatic carbocycles. The Morgan fingerprint density at radius 1 is 1.21 bits per heavy atom. The third-order valence-corrected chi connectivity index (χ3v) is 5.13. The van der Waals surface area contributed by atoms with Crippen LogP contribution >= 0.6 is 11.3 Å². The first-order chi connectivity index (χ1) is 11.8. The second kappa shape index (κ2) is 6.57. The summed E-state index contributed by atoms with van der Waals surface area (Å²) in [6.45, 7) is 1.50. The average molecular weight is 338 g/mol. The molecule has 6 heteroatoms. The van der Waals surface area contributed by atoms with Crippen LogP contribution < -0.4 is 0 Å². The Morgan fingerprint density at radius 3 is 2.88 bits per heavy atom. The molecule has 0 unspecified atom stereocenters. The van der Waals surface area contributed by atoms with Crippen molar-refractivity contribution in [3.05, 3.63) is 64.9 Å². The van der Waals surface area contributed by atoms with Crippen LogP contribution in [0, 0.1) is 0 Å². The summed E-state index contributed by atoms with van der Waals surface area (Å²) in [7, 11) is 0. The van der Waals surface area contributed by atoms with Crippen molar-refractivity contribution < 1.29 is 4.79 Å². The minimum absolute atomic E-state index is 0.117.